The van der Waals surface area contributed by atoms with Gasteiger partial charge < -0.3 is 15.6 Å². The molecule has 0 aliphatic heterocycles. The summed E-state index contributed by atoms with van der Waals surface area (Å²) in [5.41, 5.74) is 5.99. The molecule has 3 N–H and O–H groups in total. The van der Waals surface area contributed by atoms with Gasteiger partial charge in [0.15, 0.2) is 0 Å². The Bertz CT molecular complexity index is 330. The Kier molecular flexibility index (Phi) is 4.05. The van der Waals surface area contributed by atoms with Crippen LogP contribution in [0.2, 0.25) is 0 Å². The minimum Gasteiger partial charge on any atom is -0.496 e. The molecule has 2 unspecified atom stereocenters. The number of hydrogen-bond acceptors (Lipinski definition) is 3. The first-order valence-electron chi connectivity index (χ1n) is 4.81. The normalized spacial score (nSPS) is 14.7. The van der Waals surface area contributed by atoms with Crippen molar-refractivity contribution in [2.75, 3.05) is 13.7 Å². The summed E-state index contributed by atoms with van der Waals surface area (Å²) in [6, 6.07) is 4.23. The van der Waals surface area contributed by atoms with Gasteiger partial charge in [0.05, 0.1) is 13.2 Å². The molecule has 2 atom stereocenters. The SMILES string of the molecule is COc1ccc(F)cc1C(C)C(O)CN. The van der Waals surface area contributed by atoms with Crippen LogP contribution in [0.5, 0.6) is 5.75 Å². The van der Waals surface area contributed by atoms with Gasteiger partial charge >= 0.3 is 0 Å². The van der Waals surface area contributed by atoms with E-state index < -0.39 is 6.10 Å². The molecule has 84 valence electrons. The maximum atomic E-state index is 13.0. The van der Waals surface area contributed by atoms with Crippen molar-refractivity contribution >= 4 is 0 Å². The predicted octanol–water partition coefficient (Wildman–Crippen LogP) is 1.26. The highest BCUT2D eigenvalue weighted by atomic mass is 19.1. The molecule has 1 aromatic rings. The van der Waals surface area contributed by atoms with Crippen molar-refractivity contribution in [1.29, 1.82) is 0 Å². The first-order valence-corrected chi connectivity index (χ1v) is 4.81. The highest BCUT2D eigenvalue weighted by molar-refractivity contribution is 5.37. The molecule has 1 aromatic carbocycles. The molecule has 4 heteroatoms. The Balaban J connectivity index is 3.05. The number of methoxy groups -OCH3 is 1. The van der Waals surface area contributed by atoms with Crippen molar-refractivity contribution in [3.05, 3.63) is 29.6 Å². The number of aliphatic hydroxyl groups excluding tert-OH is 1. The van der Waals surface area contributed by atoms with Crippen LogP contribution in [0.15, 0.2) is 18.2 Å². The molecule has 0 heterocycles. The molecule has 0 amide bonds. The predicted molar refractivity (Wildman–Crippen MR) is 56.4 cm³/mol. The average Bonchev–Trinajstić information content (AvgIpc) is 2.27. The van der Waals surface area contributed by atoms with Crippen molar-refractivity contribution in [3.63, 3.8) is 0 Å². The van der Waals surface area contributed by atoms with Crippen molar-refractivity contribution < 1.29 is 14.2 Å². The van der Waals surface area contributed by atoms with Crippen molar-refractivity contribution in [2.24, 2.45) is 5.73 Å². The van der Waals surface area contributed by atoms with Crippen LogP contribution in [0.3, 0.4) is 0 Å². The van der Waals surface area contributed by atoms with Crippen molar-refractivity contribution in [1.82, 2.24) is 0 Å². The first-order chi connectivity index (χ1) is 7.10. The van der Waals surface area contributed by atoms with Gasteiger partial charge in [0.25, 0.3) is 0 Å². The Hall–Kier alpha value is -1.13. The molecule has 0 spiro atoms. The zero-order chi connectivity index (χ0) is 11.4. The van der Waals surface area contributed by atoms with E-state index in [-0.39, 0.29) is 18.3 Å². The lowest BCUT2D eigenvalue weighted by atomic mass is 9.94. The molecule has 0 saturated carbocycles. The summed E-state index contributed by atoms with van der Waals surface area (Å²) in [4.78, 5) is 0. The molecule has 0 aliphatic rings. The molecule has 0 bridgehead atoms. The van der Waals surface area contributed by atoms with E-state index >= 15 is 0 Å². The van der Waals surface area contributed by atoms with Gasteiger partial charge in [-0.2, -0.15) is 0 Å². The van der Waals surface area contributed by atoms with E-state index in [0.29, 0.717) is 11.3 Å². The summed E-state index contributed by atoms with van der Waals surface area (Å²) in [6.45, 7) is 1.93. The molecule has 0 fully saturated rings. The van der Waals surface area contributed by atoms with Crippen LogP contribution in [-0.4, -0.2) is 24.9 Å². The van der Waals surface area contributed by atoms with Gasteiger partial charge in [-0.25, -0.2) is 4.39 Å². The van der Waals surface area contributed by atoms with Gasteiger partial charge in [-0.1, -0.05) is 6.92 Å². The van der Waals surface area contributed by atoms with Crippen LogP contribution in [0, 0.1) is 5.82 Å². The smallest absolute Gasteiger partial charge is 0.123 e. The molecular formula is C11H16FNO2. The third-order valence-electron chi connectivity index (χ3n) is 2.50. The third-order valence-corrected chi connectivity index (χ3v) is 2.50. The van der Waals surface area contributed by atoms with Gasteiger partial charge in [0, 0.05) is 18.0 Å². The maximum Gasteiger partial charge on any atom is 0.123 e. The fraction of sp³-hybridized carbons (Fsp3) is 0.455. The third kappa shape index (κ3) is 2.67. The van der Waals surface area contributed by atoms with Crippen LogP contribution in [-0.2, 0) is 0 Å². The molecule has 0 saturated heterocycles. The van der Waals surface area contributed by atoms with E-state index in [1.54, 1.807) is 13.0 Å². The molecule has 0 aliphatic carbocycles. The van der Waals surface area contributed by atoms with Crippen LogP contribution in [0.1, 0.15) is 18.4 Å². The highest BCUT2D eigenvalue weighted by Crippen LogP contribution is 2.29. The second-order valence-corrected chi connectivity index (χ2v) is 3.48. The van der Waals surface area contributed by atoms with Crippen LogP contribution >= 0.6 is 0 Å². The van der Waals surface area contributed by atoms with Crippen LogP contribution in [0.4, 0.5) is 4.39 Å². The van der Waals surface area contributed by atoms with Gasteiger partial charge in [-0.05, 0) is 18.2 Å². The molecule has 0 radical (unpaired) electrons. The number of benzene rings is 1. The number of rotatable bonds is 4. The van der Waals surface area contributed by atoms with Crippen LogP contribution < -0.4 is 10.5 Å². The summed E-state index contributed by atoms with van der Waals surface area (Å²) in [7, 11) is 1.51. The van der Waals surface area contributed by atoms with Gasteiger partial charge in [-0.15, -0.1) is 0 Å². The zero-order valence-corrected chi connectivity index (χ0v) is 8.90. The summed E-state index contributed by atoms with van der Waals surface area (Å²) < 4.78 is 18.1. The number of aliphatic hydroxyl groups is 1. The summed E-state index contributed by atoms with van der Waals surface area (Å²) in [6.07, 6.45) is -0.694. The average molecular weight is 213 g/mol. The zero-order valence-electron chi connectivity index (χ0n) is 8.90. The topological polar surface area (TPSA) is 55.5 Å². The van der Waals surface area contributed by atoms with Gasteiger partial charge in [0.2, 0.25) is 0 Å². The molecule has 15 heavy (non-hydrogen) atoms. The molecule has 0 aromatic heterocycles. The minimum absolute atomic E-state index is 0.140. The highest BCUT2D eigenvalue weighted by Gasteiger charge is 2.19. The van der Waals surface area contributed by atoms with Gasteiger partial charge in [0.1, 0.15) is 11.6 Å². The largest absolute Gasteiger partial charge is 0.496 e. The molecule has 1 rings (SSSR count). The monoisotopic (exact) mass is 213 g/mol. The standard InChI is InChI=1S/C11H16FNO2/c1-7(10(14)6-13)9-5-8(12)3-4-11(9)15-2/h3-5,7,10,14H,6,13H2,1-2H3. The summed E-state index contributed by atoms with van der Waals surface area (Å²) in [5.74, 6) is -0.0288. The number of halogens is 1. The van der Waals surface area contributed by atoms with Crippen molar-refractivity contribution in [2.45, 2.75) is 18.9 Å². The lowest BCUT2D eigenvalue weighted by Gasteiger charge is -2.19. The Morgan fingerprint density at radius 3 is 2.73 bits per heavy atom. The first kappa shape index (κ1) is 11.9. The quantitative estimate of drug-likeness (QED) is 0.791. The van der Waals surface area contributed by atoms with E-state index in [2.05, 4.69) is 0 Å². The molecular weight excluding hydrogens is 197 g/mol. The van der Waals surface area contributed by atoms with E-state index in [1.807, 2.05) is 0 Å². The Morgan fingerprint density at radius 2 is 2.20 bits per heavy atom. The fourth-order valence-corrected chi connectivity index (χ4v) is 1.47. The van der Waals surface area contributed by atoms with E-state index in [4.69, 9.17) is 10.5 Å². The van der Waals surface area contributed by atoms with Gasteiger partial charge in [-0.3, -0.25) is 0 Å². The summed E-state index contributed by atoms with van der Waals surface area (Å²) >= 11 is 0. The lowest BCUT2D eigenvalue weighted by Crippen LogP contribution is -2.26. The maximum absolute atomic E-state index is 13.0. The lowest BCUT2D eigenvalue weighted by molar-refractivity contribution is 0.156. The summed E-state index contributed by atoms with van der Waals surface area (Å²) in [5, 5.41) is 9.59. The van der Waals surface area contributed by atoms with E-state index in [9.17, 15) is 9.50 Å². The van der Waals surface area contributed by atoms with Crippen LogP contribution in [0.25, 0.3) is 0 Å². The van der Waals surface area contributed by atoms with E-state index in [0.717, 1.165) is 0 Å². The second kappa shape index (κ2) is 5.09. The number of ether oxygens (including phenoxy) is 1. The number of nitrogens with two attached hydrogens (primary N) is 1. The van der Waals surface area contributed by atoms with Crippen molar-refractivity contribution in [3.8, 4) is 5.75 Å². The Labute approximate surface area is 88.7 Å². The fourth-order valence-electron chi connectivity index (χ4n) is 1.47. The van der Waals surface area contributed by atoms with E-state index in [1.165, 1.54) is 19.2 Å². The minimum atomic E-state index is -0.694. The molecule has 3 nitrogen and oxygen atoms in total. The number of hydrogen-bond donors (Lipinski definition) is 2. The second-order valence-electron chi connectivity index (χ2n) is 3.48. The Morgan fingerprint density at radius 1 is 1.53 bits per heavy atom.